The van der Waals surface area contributed by atoms with Crippen LogP contribution < -0.4 is 0 Å². The van der Waals surface area contributed by atoms with E-state index in [2.05, 4.69) is 15.9 Å². The molecule has 0 fully saturated rings. The average molecular weight is 325 g/mol. The van der Waals surface area contributed by atoms with Crippen LogP contribution in [0.15, 0.2) is 24.3 Å². The fraction of sp³-hybridized carbons (Fsp3) is 0.455. The van der Waals surface area contributed by atoms with Crippen molar-refractivity contribution in [3.8, 4) is 0 Å². The summed E-state index contributed by atoms with van der Waals surface area (Å²) < 4.78 is 34.9. The Bertz CT molecular complexity index is 482. The molecule has 0 aliphatic rings. The van der Waals surface area contributed by atoms with E-state index in [9.17, 15) is 17.9 Å². The van der Waals surface area contributed by atoms with E-state index < -0.39 is 25.4 Å². The van der Waals surface area contributed by atoms with Crippen molar-refractivity contribution in [2.45, 2.75) is 23.6 Å². The number of hydrogen-bond donors (Lipinski definition) is 1. The van der Waals surface area contributed by atoms with Gasteiger partial charge in [0.2, 0.25) is 0 Å². The Balaban J connectivity index is 3.12. The lowest BCUT2D eigenvalue weighted by Gasteiger charge is -2.28. The third-order valence-corrected chi connectivity index (χ3v) is 6.78. The number of alkyl halides is 1. The fourth-order valence-electron chi connectivity index (χ4n) is 1.40. The molecule has 0 aliphatic heterocycles. The van der Waals surface area contributed by atoms with Gasteiger partial charge in [-0.3, -0.25) is 0 Å². The molecule has 0 bridgehead atoms. The van der Waals surface area contributed by atoms with Crippen LogP contribution >= 0.6 is 15.9 Å². The average Bonchev–Trinajstić information content (AvgIpc) is 2.28. The molecule has 0 aliphatic carbocycles. The summed E-state index contributed by atoms with van der Waals surface area (Å²) in [5, 5.41) is 10.1. The zero-order valence-corrected chi connectivity index (χ0v) is 11.9. The Morgan fingerprint density at radius 2 is 1.88 bits per heavy atom. The lowest BCUT2D eigenvalue weighted by atomic mass is 10.1. The molecule has 17 heavy (non-hydrogen) atoms. The number of sulfone groups is 1. The number of aliphatic hydroxyl groups is 1. The maximum Gasteiger partial charge on any atom is 0.168 e. The van der Waals surface area contributed by atoms with Gasteiger partial charge in [-0.1, -0.05) is 35.0 Å². The topological polar surface area (TPSA) is 54.4 Å². The van der Waals surface area contributed by atoms with Gasteiger partial charge in [0, 0.05) is 5.75 Å². The third-order valence-electron chi connectivity index (χ3n) is 2.66. The summed E-state index contributed by atoms with van der Waals surface area (Å²) in [5.74, 6) is -0.525. The van der Waals surface area contributed by atoms with Gasteiger partial charge in [-0.25, -0.2) is 12.8 Å². The summed E-state index contributed by atoms with van der Waals surface area (Å²) in [6.45, 7) is 2.89. The molecule has 0 saturated carbocycles. The Labute approximate surface area is 109 Å². The summed E-state index contributed by atoms with van der Waals surface area (Å²) in [4.78, 5) is 0. The minimum absolute atomic E-state index is 0.0903. The Morgan fingerprint density at radius 1 is 1.41 bits per heavy atom. The van der Waals surface area contributed by atoms with E-state index in [-0.39, 0.29) is 5.75 Å². The number of hydrogen-bond acceptors (Lipinski definition) is 3. The monoisotopic (exact) mass is 324 g/mol. The lowest BCUT2D eigenvalue weighted by Crippen LogP contribution is -2.36. The Hall–Kier alpha value is -0.460. The molecular formula is C11H14BrFO3S. The first-order valence-corrected chi connectivity index (χ1v) is 7.51. The number of aliphatic hydroxyl groups excluding tert-OH is 1. The quantitative estimate of drug-likeness (QED) is 0.865. The van der Waals surface area contributed by atoms with Crippen molar-refractivity contribution in [3.63, 3.8) is 0 Å². The van der Waals surface area contributed by atoms with Crippen LogP contribution in [0.25, 0.3) is 0 Å². The van der Waals surface area contributed by atoms with Crippen LogP contribution in [-0.2, 0) is 9.84 Å². The molecule has 3 nitrogen and oxygen atoms in total. The first-order valence-electron chi connectivity index (χ1n) is 5.07. The third kappa shape index (κ3) is 2.86. The van der Waals surface area contributed by atoms with Crippen molar-refractivity contribution in [1.29, 1.82) is 0 Å². The Morgan fingerprint density at radius 3 is 2.29 bits per heavy atom. The SMILES string of the molecule is CCS(=O)(=O)[C@@](C)(Br)[C@H](O)c1ccc(F)cc1. The van der Waals surface area contributed by atoms with E-state index in [0.717, 1.165) is 0 Å². The predicted molar refractivity (Wildman–Crippen MR) is 68.2 cm³/mol. The second-order valence-electron chi connectivity index (χ2n) is 3.84. The van der Waals surface area contributed by atoms with E-state index in [1.807, 2.05) is 0 Å². The highest BCUT2D eigenvalue weighted by molar-refractivity contribution is 9.11. The zero-order valence-electron chi connectivity index (χ0n) is 9.52. The lowest BCUT2D eigenvalue weighted by molar-refractivity contribution is 0.167. The second-order valence-corrected chi connectivity index (χ2v) is 8.67. The maximum atomic E-state index is 12.7. The molecule has 1 aromatic carbocycles. The molecule has 0 amide bonds. The molecular weight excluding hydrogens is 311 g/mol. The molecule has 1 aromatic rings. The minimum Gasteiger partial charge on any atom is -0.386 e. The van der Waals surface area contributed by atoms with Crippen molar-refractivity contribution in [2.24, 2.45) is 0 Å². The van der Waals surface area contributed by atoms with Gasteiger partial charge in [0.05, 0.1) is 0 Å². The standard InChI is InChI=1S/C11H14BrFO3S/c1-3-17(15,16)11(2,12)10(14)8-4-6-9(13)7-5-8/h4-7,10,14H,3H2,1-2H3/t10-,11-/m1/s1. The molecule has 0 unspecified atom stereocenters. The highest BCUT2D eigenvalue weighted by atomic mass is 79.9. The smallest absolute Gasteiger partial charge is 0.168 e. The Kier molecular flexibility index (Phi) is 4.33. The largest absolute Gasteiger partial charge is 0.386 e. The molecule has 0 radical (unpaired) electrons. The summed E-state index contributed by atoms with van der Waals surface area (Å²) in [5.41, 5.74) is 0.350. The van der Waals surface area contributed by atoms with Crippen LogP contribution in [0.4, 0.5) is 4.39 Å². The van der Waals surface area contributed by atoms with Crippen LogP contribution in [-0.4, -0.2) is 22.9 Å². The van der Waals surface area contributed by atoms with Gasteiger partial charge in [-0.15, -0.1) is 0 Å². The van der Waals surface area contributed by atoms with E-state index in [0.29, 0.717) is 5.56 Å². The first-order chi connectivity index (χ1) is 7.72. The molecule has 2 atom stereocenters. The van der Waals surface area contributed by atoms with Gasteiger partial charge in [0.1, 0.15) is 11.9 Å². The van der Waals surface area contributed by atoms with Crippen LogP contribution in [0.3, 0.4) is 0 Å². The molecule has 0 saturated heterocycles. The van der Waals surface area contributed by atoms with E-state index in [1.165, 1.54) is 38.1 Å². The van der Waals surface area contributed by atoms with E-state index in [4.69, 9.17) is 0 Å². The summed E-state index contributed by atoms with van der Waals surface area (Å²) in [6.07, 6.45) is -1.26. The van der Waals surface area contributed by atoms with Gasteiger partial charge >= 0.3 is 0 Å². The predicted octanol–water partition coefficient (Wildman–Crippen LogP) is 2.40. The minimum atomic E-state index is -3.48. The molecule has 0 spiro atoms. The molecule has 1 rings (SSSR count). The van der Waals surface area contributed by atoms with Gasteiger partial charge in [0.15, 0.2) is 13.5 Å². The molecule has 96 valence electrons. The second kappa shape index (κ2) is 5.04. The summed E-state index contributed by atoms with van der Waals surface area (Å²) >= 11 is 3.05. The maximum absolute atomic E-state index is 12.7. The molecule has 0 aromatic heterocycles. The van der Waals surface area contributed by atoms with Gasteiger partial charge in [-0.05, 0) is 24.6 Å². The summed E-state index contributed by atoms with van der Waals surface area (Å²) in [7, 11) is -3.48. The highest BCUT2D eigenvalue weighted by Gasteiger charge is 2.42. The fourth-order valence-corrected chi connectivity index (χ4v) is 3.39. The van der Waals surface area contributed by atoms with Crippen molar-refractivity contribution in [1.82, 2.24) is 0 Å². The van der Waals surface area contributed by atoms with Crippen LogP contribution in [0, 0.1) is 5.82 Å². The van der Waals surface area contributed by atoms with Gasteiger partial charge in [0.25, 0.3) is 0 Å². The normalized spacial score (nSPS) is 17.5. The van der Waals surface area contributed by atoms with Gasteiger partial charge < -0.3 is 5.11 Å². The molecule has 0 heterocycles. The van der Waals surface area contributed by atoms with Crippen molar-refractivity contribution >= 4 is 25.8 Å². The van der Waals surface area contributed by atoms with E-state index >= 15 is 0 Å². The van der Waals surface area contributed by atoms with Crippen LogP contribution in [0.5, 0.6) is 0 Å². The first kappa shape index (κ1) is 14.6. The van der Waals surface area contributed by atoms with Gasteiger partial charge in [-0.2, -0.15) is 0 Å². The molecule has 1 N–H and O–H groups in total. The van der Waals surface area contributed by atoms with Crippen molar-refractivity contribution in [2.75, 3.05) is 5.75 Å². The zero-order chi connectivity index (χ0) is 13.3. The van der Waals surface area contributed by atoms with E-state index in [1.54, 1.807) is 0 Å². The highest BCUT2D eigenvalue weighted by Crippen LogP contribution is 2.38. The summed E-state index contributed by atoms with van der Waals surface area (Å²) in [6, 6.07) is 5.09. The van der Waals surface area contributed by atoms with Crippen molar-refractivity contribution in [3.05, 3.63) is 35.6 Å². The number of benzene rings is 1. The molecule has 6 heteroatoms. The number of rotatable bonds is 4. The van der Waals surface area contributed by atoms with Crippen LogP contribution in [0.1, 0.15) is 25.5 Å². The number of halogens is 2. The van der Waals surface area contributed by atoms with Crippen LogP contribution in [0.2, 0.25) is 0 Å². The van der Waals surface area contributed by atoms with Crippen molar-refractivity contribution < 1.29 is 17.9 Å².